The van der Waals surface area contributed by atoms with Crippen LogP contribution in [0.5, 0.6) is 0 Å². The summed E-state index contributed by atoms with van der Waals surface area (Å²) in [5, 5.41) is 11.1. The molecular weight excluding hydrogens is 346 g/mol. The third-order valence-electron chi connectivity index (χ3n) is 3.81. The van der Waals surface area contributed by atoms with Gasteiger partial charge in [0.05, 0.1) is 5.69 Å². The molecule has 0 atom stereocenters. The fraction of sp³-hybridized carbons (Fsp3) is 0.444. The van der Waals surface area contributed by atoms with Crippen molar-refractivity contribution in [1.82, 2.24) is 29.9 Å². The molecule has 0 radical (unpaired) electrons. The van der Waals surface area contributed by atoms with Gasteiger partial charge >= 0.3 is 0 Å². The molecule has 3 aromatic heterocycles. The summed E-state index contributed by atoms with van der Waals surface area (Å²) < 4.78 is 6.70. The van der Waals surface area contributed by atoms with E-state index < -0.39 is 0 Å². The lowest BCUT2D eigenvalue weighted by molar-refractivity contribution is -0.116. The first-order valence-corrected chi connectivity index (χ1v) is 8.95. The molecule has 142 valence electrons. The Morgan fingerprint density at radius 3 is 2.52 bits per heavy atom. The first-order valence-electron chi connectivity index (χ1n) is 8.95. The molecule has 9 heteroatoms. The molecule has 0 aliphatic rings. The molecule has 1 N–H and O–H groups in total. The largest absolute Gasteiger partial charge is 0.339 e. The molecule has 3 aromatic rings. The Bertz CT molecular complexity index is 925. The van der Waals surface area contributed by atoms with Crippen molar-refractivity contribution in [3.8, 4) is 5.95 Å². The zero-order valence-corrected chi connectivity index (χ0v) is 16.0. The van der Waals surface area contributed by atoms with Crippen LogP contribution in [0.1, 0.15) is 48.6 Å². The highest BCUT2D eigenvalue weighted by molar-refractivity contribution is 5.90. The molecule has 0 fully saturated rings. The van der Waals surface area contributed by atoms with Crippen LogP contribution < -0.4 is 5.32 Å². The van der Waals surface area contributed by atoms with Crippen molar-refractivity contribution in [3.63, 3.8) is 0 Å². The highest BCUT2D eigenvalue weighted by atomic mass is 16.5. The molecule has 0 aliphatic carbocycles. The van der Waals surface area contributed by atoms with Crippen LogP contribution in [0.15, 0.2) is 16.7 Å². The second-order valence-corrected chi connectivity index (χ2v) is 6.44. The van der Waals surface area contributed by atoms with Crippen molar-refractivity contribution < 1.29 is 9.32 Å². The topological polar surface area (TPSA) is 112 Å². The minimum atomic E-state index is -0.171. The van der Waals surface area contributed by atoms with E-state index in [0.29, 0.717) is 29.9 Å². The van der Waals surface area contributed by atoms with Crippen molar-refractivity contribution >= 4 is 11.7 Å². The Hall–Kier alpha value is -3.10. The van der Waals surface area contributed by atoms with Gasteiger partial charge in [-0.05, 0) is 33.3 Å². The van der Waals surface area contributed by atoms with Gasteiger partial charge in [-0.2, -0.15) is 14.8 Å². The fourth-order valence-electron chi connectivity index (χ4n) is 2.69. The maximum atomic E-state index is 12.4. The number of aromatic nitrogens is 6. The molecular formula is C18H23N7O2. The lowest BCUT2D eigenvalue weighted by atomic mass is 10.3. The van der Waals surface area contributed by atoms with Gasteiger partial charge in [0.1, 0.15) is 5.82 Å². The van der Waals surface area contributed by atoms with Gasteiger partial charge in [0.25, 0.3) is 5.95 Å². The van der Waals surface area contributed by atoms with E-state index in [1.807, 2.05) is 33.8 Å². The maximum absolute atomic E-state index is 12.4. The number of aryl methyl sites for hydroxylation is 5. The number of amides is 1. The summed E-state index contributed by atoms with van der Waals surface area (Å²) in [6.45, 7) is 7.69. The van der Waals surface area contributed by atoms with E-state index in [-0.39, 0.29) is 12.3 Å². The molecule has 9 nitrogen and oxygen atoms in total. The molecule has 0 unspecified atom stereocenters. The molecule has 0 bridgehead atoms. The Morgan fingerprint density at radius 1 is 1.07 bits per heavy atom. The van der Waals surface area contributed by atoms with E-state index in [1.165, 1.54) is 0 Å². The van der Waals surface area contributed by atoms with Crippen molar-refractivity contribution in [1.29, 1.82) is 0 Å². The van der Waals surface area contributed by atoms with Crippen LogP contribution in [0.4, 0.5) is 5.82 Å². The van der Waals surface area contributed by atoms with Crippen LogP contribution in [0, 0.1) is 20.8 Å². The van der Waals surface area contributed by atoms with Crippen LogP contribution in [0.25, 0.3) is 5.95 Å². The monoisotopic (exact) mass is 369 g/mol. The Labute approximate surface area is 157 Å². The van der Waals surface area contributed by atoms with E-state index in [1.54, 1.807) is 10.7 Å². The average molecular weight is 369 g/mol. The van der Waals surface area contributed by atoms with Gasteiger partial charge in [0.15, 0.2) is 5.82 Å². The summed E-state index contributed by atoms with van der Waals surface area (Å²) in [5.74, 6) is 1.93. The van der Waals surface area contributed by atoms with Crippen LogP contribution in [0.3, 0.4) is 0 Å². The third-order valence-corrected chi connectivity index (χ3v) is 3.81. The first-order chi connectivity index (χ1) is 12.9. The van der Waals surface area contributed by atoms with E-state index in [4.69, 9.17) is 4.52 Å². The Kier molecular flexibility index (Phi) is 5.58. The number of carbonyl (C=O) groups is 1. The lowest BCUT2D eigenvalue weighted by Gasteiger charge is -2.08. The predicted octanol–water partition coefficient (Wildman–Crippen LogP) is 2.49. The third kappa shape index (κ3) is 4.75. The van der Waals surface area contributed by atoms with Gasteiger partial charge in [-0.15, -0.1) is 0 Å². The molecule has 3 rings (SSSR count). The van der Waals surface area contributed by atoms with E-state index in [9.17, 15) is 4.79 Å². The summed E-state index contributed by atoms with van der Waals surface area (Å²) in [4.78, 5) is 25.4. The Balaban J connectivity index is 1.69. The molecule has 0 saturated carbocycles. The van der Waals surface area contributed by atoms with Crippen LogP contribution in [-0.2, 0) is 17.6 Å². The Morgan fingerprint density at radius 2 is 1.81 bits per heavy atom. The number of carbonyl (C=O) groups excluding carboxylic acids is 1. The van der Waals surface area contributed by atoms with Crippen molar-refractivity contribution in [2.24, 2.45) is 0 Å². The first kappa shape index (κ1) is 18.7. The van der Waals surface area contributed by atoms with Gasteiger partial charge < -0.3 is 9.84 Å². The van der Waals surface area contributed by atoms with Crippen LogP contribution >= 0.6 is 0 Å². The van der Waals surface area contributed by atoms with Crippen molar-refractivity contribution in [2.45, 2.75) is 53.4 Å². The maximum Gasteiger partial charge on any atom is 0.252 e. The average Bonchev–Trinajstić information content (AvgIpc) is 3.19. The van der Waals surface area contributed by atoms with Gasteiger partial charge in [-0.1, -0.05) is 12.1 Å². The summed E-state index contributed by atoms with van der Waals surface area (Å²) in [5.41, 5.74) is 2.43. The standard InChI is InChI=1S/C18H23N7O2/c1-5-6-14-21-17(27-24-14)8-7-16(26)22-15-10-13(4)23-25(15)18-19-11(2)9-12(3)20-18/h9-10H,5-8H2,1-4H3,(H,22,26). The van der Waals surface area contributed by atoms with Gasteiger partial charge in [0.2, 0.25) is 11.8 Å². The smallest absolute Gasteiger partial charge is 0.252 e. The summed E-state index contributed by atoms with van der Waals surface area (Å²) in [6, 6.07) is 3.67. The van der Waals surface area contributed by atoms with Crippen LogP contribution in [0.2, 0.25) is 0 Å². The number of hydrogen-bond acceptors (Lipinski definition) is 7. The normalized spacial score (nSPS) is 11.0. The molecule has 1 amide bonds. The second-order valence-electron chi connectivity index (χ2n) is 6.44. The SMILES string of the molecule is CCCc1noc(CCC(=O)Nc2cc(C)nn2-c2nc(C)cc(C)n2)n1. The summed E-state index contributed by atoms with van der Waals surface area (Å²) in [7, 11) is 0. The summed E-state index contributed by atoms with van der Waals surface area (Å²) >= 11 is 0. The van der Waals surface area contributed by atoms with E-state index >= 15 is 0 Å². The minimum absolute atomic E-state index is 0.171. The molecule has 3 heterocycles. The number of hydrogen-bond donors (Lipinski definition) is 1. The number of nitrogens with zero attached hydrogens (tertiary/aromatic N) is 6. The molecule has 0 saturated heterocycles. The van der Waals surface area contributed by atoms with Crippen molar-refractivity contribution in [2.75, 3.05) is 5.32 Å². The van der Waals surface area contributed by atoms with Gasteiger partial charge in [-0.3, -0.25) is 4.79 Å². The van der Waals surface area contributed by atoms with Crippen molar-refractivity contribution in [3.05, 3.63) is 40.9 Å². The second kappa shape index (κ2) is 8.07. The predicted molar refractivity (Wildman–Crippen MR) is 98.6 cm³/mol. The molecule has 0 aromatic carbocycles. The molecule has 0 aliphatic heterocycles. The quantitative estimate of drug-likeness (QED) is 0.681. The van der Waals surface area contributed by atoms with Gasteiger partial charge in [-0.25, -0.2) is 9.97 Å². The highest BCUT2D eigenvalue weighted by Crippen LogP contribution is 2.16. The summed E-state index contributed by atoms with van der Waals surface area (Å²) in [6.07, 6.45) is 2.33. The fourth-order valence-corrected chi connectivity index (χ4v) is 2.69. The van der Waals surface area contributed by atoms with E-state index in [2.05, 4.69) is 30.5 Å². The zero-order chi connectivity index (χ0) is 19.4. The molecule has 0 spiro atoms. The van der Waals surface area contributed by atoms with Crippen LogP contribution in [-0.4, -0.2) is 35.8 Å². The lowest BCUT2D eigenvalue weighted by Crippen LogP contribution is -2.17. The van der Waals surface area contributed by atoms with Gasteiger partial charge in [0, 0.05) is 36.7 Å². The number of rotatable bonds is 7. The highest BCUT2D eigenvalue weighted by Gasteiger charge is 2.15. The zero-order valence-electron chi connectivity index (χ0n) is 16.0. The minimum Gasteiger partial charge on any atom is -0.339 e. The van der Waals surface area contributed by atoms with E-state index in [0.717, 1.165) is 29.9 Å². The molecule has 27 heavy (non-hydrogen) atoms. The number of nitrogens with one attached hydrogen (secondary N) is 1. The number of anilines is 1.